The van der Waals surface area contributed by atoms with Crippen LogP contribution in [0.2, 0.25) is 0 Å². The number of anilines is 1. The monoisotopic (exact) mass is 298 g/mol. The van der Waals surface area contributed by atoms with Gasteiger partial charge in [0.1, 0.15) is 0 Å². The van der Waals surface area contributed by atoms with Crippen LogP contribution in [0.25, 0.3) is 0 Å². The van der Waals surface area contributed by atoms with Crippen molar-refractivity contribution in [2.45, 2.75) is 32.2 Å². The summed E-state index contributed by atoms with van der Waals surface area (Å²) in [7, 11) is 0. The van der Waals surface area contributed by atoms with Crippen LogP contribution in [0.1, 0.15) is 31.2 Å². The maximum atomic E-state index is 12.0. The zero-order valence-corrected chi connectivity index (χ0v) is 12.8. The number of hydrogen-bond acceptors (Lipinski definition) is 2. The molecule has 116 valence electrons. The molecule has 0 radical (unpaired) electrons. The first-order valence-electron chi connectivity index (χ1n) is 7.98. The van der Waals surface area contributed by atoms with E-state index in [4.69, 9.17) is 0 Å². The van der Waals surface area contributed by atoms with Gasteiger partial charge in [-0.1, -0.05) is 18.7 Å². The van der Waals surface area contributed by atoms with Gasteiger partial charge in [0.25, 0.3) is 0 Å². The molecule has 4 heteroatoms. The average molecular weight is 298 g/mol. The number of hydrogen-bond donors (Lipinski definition) is 0. The fourth-order valence-corrected chi connectivity index (χ4v) is 2.90. The molecule has 1 heterocycles. The van der Waals surface area contributed by atoms with E-state index in [2.05, 4.69) is 6.58 Å². The fraction of sp³-hybridized carbons (Fsp3) is 0.444. The van der Waals surface area contributed by atoms with Crippen LogP contribution in [0.15, 0.2) is 36.9 Å². The fourth-order valence-electron chi connectivity index (χ4n) is 2.90. The average Bonchev–Trinajstić information content (AvgIpc) is 3.25. The molecule has 0 unspecified atom stereocenters. The highest BCUT2D eigenvalue weighted by atomic mass is 16.2. The first-order valence-corrected chi connectivity index (χ1v) is 7.98. The van der Waals surface area contributed by atoms with Crippen molar-refractivity contribution in [1.29, 1.82) is 0 Å². The van der Waals surface area contributed by atoms with Gasteiger partial charge in [0.05, 0.1) is 0 Å². The molecular formula is C18H22N2O2. The Kier molecular flexibility index (Phi) is 4.27. The van der Waals surface area contributed by atoms with Gasteiger partial charge in [-0.2, -0.15) is 0 Å². The first-order chi connectivity index (χ1) is 10.7. The molecule has 3 rings (SSSR count). The minimum atomic E-state index is -0.00861. The molecule has 1 aliphatic carbocycles. The maximum absolute atomic E-state index is 12.0. The van der Waals surface area contributed by atoms with Gasteiger partial charge in [-0.15, -0.1) is 0 Å². The van der Waals surface area contributed by atoms with E-state index in [0.717, 1.165) is 30.8 Å². The van der Waals surface area contributed by atoms with E-state index in [0.29, 0.717) is 18.9 Å². The van der Waals surface area contributed by atoms with Gasteiger partial charge in [-0.25, -0.2) is 0 Å². The van der Waals surface area contributed by atoms with Gasteiger partial charge in [0, 0.05) is 31.7 Å². The lowest BCUT2D eigenvalue weighted by Gasteiger charge is -2.22. The highest BCUT2D eigenvalue weighted by molar-refractivity contribution is 5.95. The Morgan fingerprint density at radius 1 is 1.32 bits per heavy atom. The highest BCUT2D eigenvalue weighted by Crippen LogP contribution is 2.30. The van der Waals surface area contributed by atoms with Crippen LogP contribution in [-0.4, -0.2) is 29.8 Å². The molecule has 1 aromatic rings. The molecule has 2 amide bonds. The molecule has 1 saturated heterocycles. The number of rotatable bonds is 6. The van der Waals surface area contributed by atoms with Crippen molar-refractivity contribution in [3.63, 3.8) is 0 Å². The minimum Gasteiger partial charge on any atom is -0.335 e. The van der Waals surface area contributed by atoms with Crippen molar-refractivity contribution < 1.29 is 9.59 Å². The molecule has 0 N–H and O–H groups in total. The first kappa shape index (κ1) is 14.8. The van der Waals surface area contributed by atoms with Crippen LogP contribution in [0.4, 0.5) is 5.69 Å². The number of nitrogens with zero attached hydrogens (tertiary/aromatic N) is 2. The Morgan fingerprint density at radius 3 is 2.59 bits per heavy atom. The topological polar surface area (TPSA) is 40.6 Å². The number of benzene rings is 1. The lowest BCUT2D eigenvalue weighted by molar-refractivity contribution is -0.126. The lowest BCUT2D eigenvalue weighted by atomic mass is 10.1. The quantitative estimate of drug-likeness (QED) is 0.758. The normalized spacial score (nSPS) is 17.6. The van der Waals surface area contributed by atoms with Crippen molar-refractivity contribution >= 4 is 17.5 Å². The zero-order chi connectivity index (χ0) is 15.5. The highest BCUT2D eigenvalue weighted by Gasteiger charge is 2.26. The van der Waals surface area contributed by atoms with Crippen LogP contribution in [-0.2, 0) is 16.1 Å². The van der Waals surface area contributed by atoms with Crippen LogP contribution in [0, 0.1) is 5.92 Å². The van der Waals surface area contributed by atoms with Gasteiger partial charge in [0.2, 0.25) is 11.8 Å². The third-order valence-corrected chi connectivity index (χ3v) is 4.36. The summed E-state index contributed by atoms with van der Waals surface area (Å²) in [6.07, 6.45) is 5.40. The number of carbonyl (C=O) groups excluding carboxylic acids is 2. The third-order valence-electron chi connectivity index (χ3n) is 4.36. The molecular weight excluding hydrogens is 276 g/mol. The van der Waals surface area contributed by atoms with Gasteiger partial charge in [0.15, 0.2) is 0 Å². The molecule has 0 bridgehead atoms. The molecule has 2 aliphatic rings. The lowest BCUT2D eigenvalue weighted by Crippen LogP contribution is -2.31. The van der Waals surface area contributed by atoms with E-state index in [1.807, 2.05) is 34.1 Å². The second kappa shape index (κ2) is 6.34. The predicted molar refractivity (Wildman–Crippen MR) is 86.4 cm³/mol. The second-order valence-electron chi connectivity index (χ2n) is 6.18. The van der Waals surface area contributed by atoms with E-state index in [-0.39, 0.29) is 11.8 Å². The smallest absolute Gasteiger partial charge is 0.246 e. The summed E-state index contributed by atoms with van der Waals surface area (Å²) in [4.78, 5) is 27.4. The summed E-state index contributed by atoms with van der Waals surface area (Å²) in [6, 6.07) is 7.98. The predicted octanol–water partition coefficient (Wildman–Crippen LogP) is 2.74. The van der Waals surface area contributed by atoms with Gasteiger partial charge in [-0.05, 0) is 49.0 Å². The Balaban J connectivity index is 1.67. The van der Waals surface area contributed by atoms with Crippen molar-refractivity contribution in [3.8, 4) is 0 Å². The molecule has 0 atom stereocenters. The molecule has 0 aromatic heterocycles. The van der Waals surface area contributed by atoms with Gasteiger partial charge < -0.3 is 9.80 Å². The van der Waals surface area contributed by atoms with Crippen LogP contribution < -0.4 is 4.90 Å². The van der Waals surface area contributed by atoms with E-state index in [9.17, 15) is 9.59 Å². The third kappa shape index (κ3) is 3.38. The summed E-state index contributed by atoms with van der Waals surface area (Å²) < 4.78 is 0. The van der Waals surface area contributed by atoms with Crippen molar-refractivity contribution in [2.75, 3.05) is 18.0 Å². The van der Waals surface area contributed by atoms with Crippen LogP contribution >= 0.6 is 0 Å². The number of carbonyl (C=O) groups is 2. The molecule has 1 aromatic carbocycles. The van der Waals surface area contributed by atoms with E-state index in [1.165, 1.54) is 18.9 Å². The van der Waals surface area contributed by atoms with Crippen LogP contribution in [0.3, 0.4) is 0 Å². The van der Waals surface area contributed by atoms with Crippen molar-refractivity contribution in [1.82, 2.24) is 4.90 Å². The SMILES string of the molecule is C=CC(=O)N(Cc1ccc(N2CCCC2=O)cc1)CC1CC1. The Bertz CT molecular complexity index is 575. The molecule has 1 aliphatic heterocycles. The molecule has 0 spiro atoms. The zero-order valence-electron chi connectivity index (χ0n) is 12.8. The Hall–Kier alpha value is -2.10. The van der Waals surface area contributed by atoms with E-state index >= 15 is 0 Å². The molecule has 4 nitrogen and oxygen atoms in total. The van der Waals surface area contributed by atoms with Crippen molar-refractivity contribution in [3.05, 3.63) is 42.5 Å². The summed E-state index contributed by atoms with van der Waals surface area (Å²) in [5, 5.41) is 0. The largest absolute Gasteiger partial charge is 0.335 e. The van der Waals surface area contributed by atoms with Crippen molar-refractivity contribution in [2.24, 2.45) is 5.92 Å². The summed E-state index contributed by atoms with van der Waals surface area (Å²) in [6.45, 7) is 5.82. The summed E-state index contributed by atoms with van der Waals surface area (Å²) in [5.41, 5.74) is 2.04. The summed E-state index contributed by atoms with van der Waals surface area (Å²) in [5.74, 6) is 0.848. The van der Waals surface area contributed by atoms with E-state index in [1.54, 1.807) is 0 Å². The van der Waals surface area contributed by atoms with Gasteiger partial charge in [-0.3, -0.25) is 9.59 Å². The second-order valence-corrected chi connectivity index (χ2v) is 6.18. The maximum Gasteiger partial charge on any atom is 0.246 e. The Labute approximate surface area is 131 Å². The number of amides is 2. The summed E-state index contributed by atoms with van der Waals surface area (Å²) >= 11 is 0. The standard InChI is InChI=1S/C18H22N2O2/c1-2-17(21)19(12-14-5-6-14)13-15-7-9-16(10-8-15)20-11-3-4-18(20)22/h2,7-10,14H,1,3-6,11-13H2. The van der Waals surface area contributed by atoms with Crippen LogP contribution in [0.5, 0.6) is 0 Å². The minimum absolute atomic E-state index is 0.00861. The van der Waals surface area contributed by atoms with Gasteiger partial charge >= 0.3 is 0 Å². The molecule has 22 heavy (non-hydrogen) atoms. The molecule has 1 saturated carbocycles. The van der Waals surface area contributed by atoms with E-state index < -0.39 is 0 Å². The molecule has 2 fully saturated rings. The Morgan fingerprint density at radius 2 is 2.05 bits per heavy atom.